The van der Waals surface area contributed by atoms with Crippen molar-refractivity contribution in [2.45, 2.75) is 18.9 Å². The second kappa shape index (κ2) is 9.65. The van der Waals surface area contributed by atoms with Crippen LogP contribution in [-0.2, 0) is 16.0 Å². The third-order valence-corrected chi connectivity index (χ3v) is 5.65. The fourth-order valence-corrected chi connectivity index (χ4v) is 3.94. The number of rotatable bonds is 7. The maximum atomic E-state index is 13.5. The zero-order valence-electron chi connectivity index (χ0n) is 18.1. The van der Waals surface area contributed by atoms with E-state index in [9.17, 15) is 18.8 Å². The van der Waals surface area contributed by atoms with Gasteiger partial charge in [-0.25, -0.2) is 9.29 Å². The fourth-order valence-electron chi connectivity index (χ4n) is 3.94. The lowest BCUT2D eigenvalue weighted by Crippen LogP contribution is -2.46. The smallest absolute Gasteiger partial charge is 0.257 e. The number of halogens is 1. The van der Waals surface area contributed by atoms with Crippen molar-refractivity contribution in [3.05, 3.63) is 95.8 Å². The average molecular weight is 446 g/mol. The van der Waals surface area contributed by atoms with E-state index in [0.717, 1.165) is 10.5 Å². The Kier molecular flexibility index (Phi) is 6.49. The van der Waals surface area contributed by atoms with Gasteiger partial charge in [-0.15, -0.1) is 0 Å². The summed E-state index contributed by atoms with van der Waals surface area (Å²) in [6, 6.07) is 20.5. The maximum Gasteiger partial charge on any atom is 0.257 e. The number of nitrogens with zero attached hydrogens (tertiary/aromatic N) is 2. The van der Waals surface area contributed by atoms with Crippen LogP contribution in [0.1, 0.15) is 22.3 Å². The van der Waals surface area contributed by atoms with Gasteiger partial charge >= 0.3 is 0 Å². The number of carbonyl (C=O) groups excluding carboxylic acids is 3. The number of amides is 3. The zero-order valence-corrected chi connectivity index (χ0v) is 18.1. The molecule has 4 rings (SSSR count). The lowest BCUT2D eigenvalue weighted by Gasteiger charge is -2.28. The molecule has 1 atom stereocenters. The van der Waals surface area contributed by atoms with Crippen LogP contribution in [-0.4, -0.2) is 42.3 Å². The molecule has 0 radical (unpaired) electrons. The Bertz CT molecular complexity index is 1160. The molecule has 1 fully saturated rings. The van der Waals surface area contributed by atoms with Gasteiger partial charge in [0.2, 0.25) is 5.91 Å². The number of ether oxygens (including phenoxy) is 1. The third kappa shape index (κ3) is 4.77. The highest BCUT2D eigenvalue weighted by Crippen LogP contribution is 2.27. The minimum Gasteiger partial charge on any atom is -0.497 e. The summed E-state index contributed by atoms with van der Waals surface area (Å²) in [7, 11) is 1.51. The van der Waals surface area contributed by atoms with Crippen molar-refractivity contribution in [1.29, 1.82) is 0 Å². The van der Waals surface area contributed by atoms with Crippen LogP contribution in [0.15, 0.2) is 78.9 Å². The largest absolute Gasteiger partial charge is 0.497 e. The summed E-state index contributed by atoms with van der Waals surface area (Å²) in [6.45, 7) is 0.251. The van der Waals surface area contributed by atoms with Gasteiger partial charge in [-0.05, 0) is 54.4 Å². The van der Waals surface area contributed by atoms with E-state index in [-0.39, 0.29) is 24.6 Å². The molecular formula is C26H23FN2O4. The SMILES string of the molecule is COc1cccc(C(=O)N(CCc2ccccc2)C2CC(=O)N(c3ccc(F)cc3)C2=O)c1. The molecule has 1 saturated heterocycles. The Labute approximate surface area is 191 Å². The van der Waals surface area contributed by atoms with Crippen LogP contribution >= 0.6 is 0 Å². The third-order valence-electron chi connectivity index (χ3n) is 5.65. The second-order valence-corrected chi connectivity index (χ2v) is 7.73. The normalized spacial score (nSPS) is 15.6. The molecule has 7 heteroatoms. The predicted octanol–water partition coefficient (Wildman–Crippen LogP) is 3.85. The molecule has 3 aromatic rings. The summed E-state index contributed by atoms with van der Waals surface area (Å²) in [5, 5.41) is 0. The minimum atomic E-state index is -0.954. The van der Waals surface area contributed by atoms with Crippen molar-refractivity contribution in [3.8, 4) is 5.75 Å². The quantitative estimate of drug-likeness (QED) is 0.517. The molecule has 0 aliphatic carbocycles. The first-order chi connectivity index (χ1) is 16.0. The first-order valence-electron chi connectivity index (χ1n) is 10.6. The first-order valence-corrected chi connectivity index (χ1v) is 10.6. The highest BCUT2D eigenvalue weighted by molar-refractivity contribution is 6.23. The van der Waals surface area contributed by atoms with Crippen molar-refractivity contribution in [1.82, 2.24) is 4.90 Å². The summed E-state index contributed by atoms with van der Waals surface area (Å²) in [4.78, 5) is 42.1. The van der Waals surface area contributed by atoms with Crippen LogP contribution in [0.5, 0.6) is 5.75 Å². The Hall–Kier alpha value is -4.00. The van der Waals surface area contributed by atoms with Crippen LogP contribution in [0.4, 0.5) is 10.1 Å². The molecule has 1 unspecified atom stereocenters. The molecule has 33 heavy (non-hydrogen) atoms. The number of carbonyl (C=O) groups is 3. The van der Waals surface area contributed by atoms with Crippen molar-refractivity contribution >= 4 is 23.4 Å². The van der Waals surface area contributed by atoms with Gasteiger partial charge in [-0.3, -0.25) is 14.4 Å². The summed E-state index contributed by atoms with van der Waals surface area (Å²) < 4.78 is 18.6. The average Bonchev–Trinajstić information content (AvgIpc) is 3.14. The van der Waals surface area contributed by atoms with Crippen LogP contribution in [0.2, 0.25) is 0 Å². The van der Waals surface area contributed by atoms with E-state index in [2.05, 4.69) is 0 Å². The van der Waals surface area contributed by atoms with E-state index in [4.69, 9.17) is 4.74 Å². The molecule has 168 valence electrons. The number of methoxy groups -OCH3 is 1. The van der Waals surface area contributed by atoms with Crippen molar-refractivity contribution in [2.75, 3.05) is 18.6 Å². The summed E-state index contributed by atoms with van der Waals surface area (Å²) in [6.07, 6.45) is 0.381. The van der Waals surface area contributed by atoms with Crippen LogP contribution in [0.25, 0.3) is 0 Å². The van der Waals surface area contributed by atoms with E-state index >= 15 is 0 Å². The number of benzene rings is 3. The molecule has 0 saturated carbocycles. The topological polar surface area (TPSA) is 66.9 Å². The molecule has 3 aromatic carbocycles. The molecule has 1 heterocycles. The number of anilines is 1. The number of imide groups is 1. The van der Waals surface area contributed by atoms with E-state index in [0.29, 0.717) is 17.7 Å². The Balaban J connectivity index is 1.64. The lowest BCUT2D eigenvalue weighted by atomic mass is 10.1. The zero-order chi connectivity index (χ0) is 23.4. The molecule has 0 spiro atoms. The minimum absolute atomic E-state index is 0.138. The van der Waals surface area contributed by atoms with E-state index in [1.165, 1.54) is 36.3 Å². The lowest BCUT2D eigenvalue weighted by molar-refractivity contribution is -0.122. The molecule has 1 aliphatic heterocycles. The van der Waals surface area contributed by atoms with Crippen molar-refractivity contribution < 1.29 is 23.5 Å². The van der Waals surface area contributed by atoms with Gasteiger partial charge in [0.1, 0.15) is 17.6 Å². The number of hydrogen-bond donors (Lipinski definition) is 0. The molecule has 0 aromatic heterocycles. The standard InChI is InChI=1S/C26H23FN2O4/c1-33-22-9-5-8-19(16-22)25(31)28(15-14-18-6-3-2-4-7-18)23-17-24(30)29(26(23)32)21-12-10-20(27)11-13-21/h2-13,16,23H,14-15,17H2,1H3. The van der Waals surface area contributed by atoms with Crippen LogP contribution in [0, 0.1) is 5.82 Å². The van der Waals surface area contributed by atoms with Gasteiger partial charge in [0.25, 0.3) is 11.8 Å². The van der Waals surface area contributed by atoms with Gasteiger partial charge < -0.3 is 9.64 Å². The van der Waals surface area contributed by atoms with Gasteiger partial charge in [0.15, 0.2) is 0 Å². The van der Waals surface area contributed by atoms with E-state index < -0.39 is 23.7 Å². The highest BCUT2D eigenvalue weighted by atomic mass is 19.1. The summed E-state index contributed by atoms with van der Waals surface area (Å²) >= 11 is 0. The van der Waals surface area contributed by atoms with Gasteiger partial charge in [-0.2, -0.15) is 0 Å². The highest BCUT2D eigenvalue weighted by Gasteiger charge is 2.44. The van der Waals surface area contributed by atoms with Crippen molar-refractivity contribution in [3.63, 3.8) is 0 Å². The second-order valence-electron chi connectivity index (χ2n) is 7.73. The summed E-state index contributed by atoms with van der Waals surface area (Å²) in [5.74, 6) is -1.25. The number of hydrogen-bond acceptors (Lipinski definition) is 4. The van der Waals surface area contributed by atoms with E-state index in [1.54, 1.807) is 24.3 Å². The first kappa shape index (κ1) is 22.2. The fraction of sp³-hybridized carbons (Fsp3) is 0.192. The van der Waals surface area contributed by atoms with Gasteiger partial charge in [0.05, 0.1) is 19.2 Å². The molecule has 1 aliphatic rings. The van der Waals surface area contributed by atoms with Gasteiger partial charge in [0, 0.05) is 12.1 Å². The predicted molar refractivity (Wildman–Crippen MR) is 121 cm³/mol. The Morgan fingerprint density at radius 3 is 2.45 bits per heavy atom. The monoisotopic (exact) mass is 446 g/mol. The van der Waals surface area contributed by atoms with Crippen LogP contribution in [0.3, 0.4) is 0 Å². The molecule has 0 N–H and O–H groups in total. The molecule has 3 amide bonds. The molecule has 0 bridgehead atoms. The van der Waals surface area contributed by atoms with Crippen LogP contribution < -0.4 is 9.64 Å². The Morgan fingerprint density at radius 1 is 1.03 bits per heavy atom. The van der Waals surface area contributed by atoms with Crippen molar-refractivity contribution in [2.24, 2.45) is 0 Å². The van der Waals surface area contributed by atoms with E-state index in [1.807, 2.05) is 30.3 Å². The molecule has 6 nitrogen and oxygen atoms in total. The summed E-state index contributed by atoms with van der Waals surface area (Å²) in [5.41, 5.74) is 1.65. The molecular weight excluding hydrogens is 423 g/mol. The van der Waals surface area contributed by atoms with Gasteiger partial charge in [-0.1, -0.05) is 36.4 Å². The Morgan fingerprint density at radius 2 is 1.76 bits per heavy atom. The maximum absolute atomic E-state index is 13.5.